The maximum atomic E-state index is 13.8. The Morgan fingerprint density at radius 1 is 0.958 bits per heavy atom. The van der Waals surface area contributed by atoms with Crippen LogP contribution in [0.15, 0.2) is 71.1 Å². The largest absolute Gasteiger partial charge is 0.460 e. The van der Waals surface area contributed by atoms with Crippen LogP contribution in [-0.4, -0.2) is 6.04 Å². The molecule has 0 radical (unpaired) electrons. The van der Waals surface area contributed by atoms with Crippen LogP contribution in [0.25, 0.3) is 11.3 Å². The van der Waals surface area contributed by atoms with E-state index in [0.29, 0.717) is 23.9 Å². The van der Waals surface area contributed by atoms with Gasteiger partial charge in [0.25, 0.3) is 0 Å². The summed E-state index contributed by atoms with van der Waals surface area (Å²) in [5.74, 6) is 1.13. The lowest BCUT2D eigenvalue weighted by Gasteiger charge is -2.12. The molecular weight excluding hydrogens is 301 g/mol. The summed E-state index contributed by atoms with van der Waals surface area (Å²) >= 11 is 0. The highest BCUT2D eigenvalue weighted by Crippen LogP contribution is 2.24. The van der Waals surface area contributed by atoms with Crippen molar-refractivity contribution < 1.29 is 8.81 Å². The van der Waals surface area contributed by atoms with E-state index in [1.165, 1.54) is 11.6 Å². The van der Waals surface area contributed by atoms with E-state index in [-0.39, 0.29) is 5.82 Å². The van der Waals surface area contributed by atoms with Gasteiger partial charge in [-0.15, -0.1) is 0 Å². The minimum absolute atomic E-state index is 0.261. The Bertz CT molecular complexity index is 766. The normalized spacial score (nSPS) is 12.2. The average molecular weight is 323 g/mol. The highest BCUT2D eigenvalue weighted by molar-refractivity contribution is 5.58. The van der Waals surface area contributed by atoms with Crippen molar-refractivity contribution in [3.63, 3.8) is 0 Å². The molecular formula is C21H22FNO. The number of halogens is 1. The summed E-state index contributed by atoms with van der Waals surface area (Å²) in [6, 6.07) is 21.3. The number of hydrogen-bond donors (Lipinski definition) is 1. The van der Waals surface area contributed by atoms with Gasteiger partial charge < -0.3 is 9.73 Å². The van der Waals surface area contributed by atoms with Crippen LogP contribution in [0.2, 0.25) is 0 Å². The molecule has 2 nitrogen and oxygen atoms in total. The summed E-state index contributed by atoms with van der Waals surface area (Å²) in [6.07, 6.45) is 2.11. The molecule has 0 aliphatic rings. The molecule has 0 saturated carbocycles. The van der Waals surface area contributed by atoms with Crippen molar-refractivity contribution in [1.82, 2.24) is 5.32 Å². The van der Waals surface area contributed by atoms with Gasteiger partial charge in [-0.05, 0) is 49.6 Å². The van der Waals surface area contributed by atoms with E-state index in [0.717, 1.165) is 18.6 Å². The molecule has 3 aromatic rings. The Morgan fingerprint density at radius 3 is 2.50 bits per heavy atom. The fourth-order valence-corrected chi connectivity index (χ4v) is 2.68. The Hall–Kier alpha value is -2.39. The van der Waals surface area contributed by atoms with Crippen molar-refractivity contribution in [2.24, 2.45) is 0 Å². The van der Waals surface area contributed by atoms with Gasteiger partial charge >= 0.3 is 0 Å². The first-order chi connectivity index (χ1) is 11.7. The minimum atomic E-state index is -0.261. The Balaban J connectivity index is 1.51. The van der Waals surface area contributed by atoms with Gasteiger partial charge in [-0.2, -0.15) is 0 Å². The van der Waals surface area contributed by atoms with E-state index in [2.05, 4.69) is 36.5 Å². The summed E-state index contributed by atoms with van der Waals surface area (Å²) in [5, 5.41) is 3.46. The molecule has 2 aromatic carbocycles. The SMILES string of the molecule is CC(CCc1ccccc1)NCc1ccc(-c2ccccc2F)o1. The standard InChI is InChI=1S/C21H22FNO/c1-16(11-12-17-7-3-2-4-8-17)23-15-18-13-14-21(24-18)19-9-5-6-10-20(19)22/h2-10,13-14,16,23H,11-12,15H2,1H3. The van der Waals surface area contributed by atoms with Crippen LogP contribution in [-0.2, 0) is 13.0 Å². The maximum absolute atomic E-state index is 13.8. The first kappa shape index (κ1) is 16.5. The number of rotatable bonds is 7. The number of nitrogens with one attached hydrogen (secondary N) is 1. The van der Waals surface area contributed by atoms with Crippen molar-refractivity contribution in [2.75, 3.05) is 0 Å². The summed E-state index contributed by atoms with van der Waals surface area (Å²) < 4.78 is 19.5. The van der Waals surface area contributed by atoms with E-state index < -0.39 is 0 Å². The molecule has 0 bridgehead atoms. The topological polar surface area (TPSA) is 25.2 Å². The van der Waals surface area contributed by atoms with Gasteiger partial charge in [0.1, 0.15) is 17.3 Å². The lowest BCUT2D eigenvalue weighted by molar-refractivity contribution is 0.448. The molecule has 3 heteroatoms. The van der Waals surface area contributed by atoms with Gasteiger partial charge in [0.15, 0.2) is 0 Å². The third-order valence-electron chi connectivity index (χ3n) is 4.13. The van der Waals surface area contributed by atoms with Crippen LogP contribution in [0, 0.1) is 5.82 Å². The van der Waals surface area contributed by atoms with Gasteiger partial charge in [-0.25, -0.2) is 4.39 Å². The molecule has 1 N–H and O–H groups in total. The quantitative estimate of drug-likeness (QED) is 0.647. The maximum Gasteiger partial charge on any atom is 0.137 e. The first-order valence-electron chi connectivity index (χ1n) is 8.33. The molecule has 124 valence electrons. The molecule has 0 aliphatic carbocycles. The molecule has 0 aliphatic heterocycles. The Morgan fingerprint density at radius 2 is 1.71 bits per heavy atom. The third-order valence-corrected chi connectivity index (χ3v) is 4.13. The summed E-state index contributed by atoms with van der Waals surface area (Å²) in [4.78, 5) is 0. The minimum Gasteiger partial charge on any atom is -0.460 e. The predicted molar refractivity (Wildman–Crippen MR) is 95.2 cm³/mol. The number of benzene rings is 2. The van der Waals surface area contributed by atoms with Crippen molar-refractivity contribution >= 4 is 0 Å². The monoisotopic (exact) mass is 323 g/mol. The van der Waals surface area contributed by atoms with Gasteiger partial charge in [0.05, 0.1) is 12.1 Å². The summed E-state index contributed by atoms with van der Waals surface area (Å²) in [5.41, 5.74) is 1.85. The molecule has 0 amide bonds. The van der Waals surface area contributed by atoms with E-state index in [1.807, 2.05) is 24.3 Å². The third kappa shape index (κ3) is 4.33. The van der Waals surface area contributed by atoms with Gasteiger partial charge in [-0.1, -0.05) is 42.5 Å². The fraction of sp³-hybridized carbons (Fsp3) is 0.238. The summed E-state index contributed by atoms with van der Waals surface area (Å²) in [7, 11) is 0. The molecule has 0 saturated heterocycles. The molecule has 0 fully saturated rings. The molecule has 1 atom stereocenters. The highest BCUT2D eigenvalue weighted by Gasteiger charge is 2.10. The predicted octanol–water partition coefficient (Wildman–Crippen LogP) is 5.20. The first-order valence-corrected chi connectivity index (χ1v) is 8.33. The average Bonchev–Trinajstić information content (AvgIpc) is 3.08. The lowest BCUT2D eigenvalue weighted by Crippen LogP contribution is -2.25. The molecule has 0 spiro atoms. The van der Waals surface area contributed by atoms with Crippen molar-refractivity contribution in [1.29, 1.82) is 0 Å². The highest BCUT2D eigenvalue weighted by atomic mass is 19.1. The van der Waals surface area contributed by atoms with Gasteiger partial charge in [0.2, 0.25) is 0 Å². The second kappa shape index (κ2) is 7.93. The number of hydrogen-bond acceptors (Lipinski definition) is 2. The van der Waals surface area contributed by atoms with E-state index >= 15 is 0 Å². The molecule has 1 heterocycles. The number of aryl methyl sites for hydroxylation is 1. The fourth-order valence-electron chi connectivity index (χ4n) is 2.68. The van der Waals surface area contributed by atoms with E-state index in [9.17, 15) is 4.39 Å². The smallest absolute Gasteiger partial charge is 0.137 e. The zero-order valence-electron chi connectivity index (χ0n) is 13.8. The molecule has 3 rings (SSSR count). The van der Waals surface area contributed by atoms with Crippen LogP contribution >= 0.6 is 0 Å². The lowest BCUT2D eigenvalue weighted by atomic mass is 10.1. The van der Waals surface area contributed by atoms with Crippen LogP contribution in [0.3, 0.4) is 0 Å². The molecule has 1 unspecified atom stereocenters. The van der Waals surface area contributed by atoms with E-state index in [1.54, 1.807) is 12.1 Å². The van der Waals surface area contributed by atoms with Gasteiger partial charge in [0, 0.05) is 6.04 Å². The summed E-state index contributed by atoms with van der Waals surface area (Å²) in [6.45, 7) is 2.81. The second-order valence-corrected chi connectivity index (χ2v) is 6.05. The Kier molecular flexibility index (Phi) is 5.44. The van der Waals surface area contributed by atoms with Crippen LogP contribution in [0.1, 0.15) is 24.7 Å². The van der Waals surface area contributed by atoms with Crippen molar-refractivity contribution in [2.45, 2.75) is 32.4 Å². The van der Waals surface area contributed by atoms with Crippen LogP contribution in [0.5, 0.6) is 0 Å². The zero-order chi connectivity index (χ0) is 16.8. The zero-order valence-corrected chi connectivity index (χ0v) is 13.8. The van der Waals surface area contributed by atoms with Crippen LogP contribution in [0.4, 0.5) is 4.39 Å². The van der Waals surface area contributed by atoms with Gasteiger partial charge in [-0.3, -0.25) is 0 Å². The van der Waals surface area contributed by atoms with Crippen molar-refractivity contribution in [3.05, 3.63) is 83.9 Å². The Labute approximate surface area is 142 Å². The number of furan rings is 1. The molecule has 1 aromatic heterocycles. The second-order valence-electron chi connectivity index (χ2n) is 6.05. The van der Waals surface area contributed by atoms with Crippen LogP contribution < -0.4 is 5.32 Å². The molecule has 24 heavy (non-hydrogen) atoms. The van der Waals surface area contributed by atoms with E-state index in [4.69, 9.17) is 4.42 Å². The van der Waals surface area contributed by atoms with Crippen molar-refractivity contribution in [3.8, 4) is 11.3 Å².